The molecule has 0 bridgehead atoms. The predicted octanol–water partition coefficient (Wildman–Crippen LogP) is 10.7. The Balaban J connectivity index is 0. The highest BCUT2D eigenvalue weighted by molar-refractivity contribution is 4.98. The van der Waals surface area contributed by atoms with Crippen molar-refractivity contribution in [3.63, 3.8) is 0 Å². The second-order valence-electron chi connectivity index (χ2n) is 15.8. The molecule has 0 aromatic carbocycles. The van der Waals surface area contributed by atoms with Crippen LogP contribution in [0.5, 0.6) is 0 Å². The van der Waals surface area contributed by atoms with E-state index in [-0.39, 0.29) is 5.60 Å². The van der Waals surface area contributed by atoms with Crippen LogP contribution in [0.1, 0.15) is 150 Å². The first-order chi connectivity index (χ1) is 17.1. The molecule has 38 heavy (non-hydrogen) atoms. The average molecular weight is 541 g/mol. The molecule has 0 atom stereocenters. The smallest absolute Gasteiger partial charge is 0.0721 e. The molecule has 2 N–H and O–H groups in total. The Morgan fingerprint density at radius 1 is 0.474 bits per heavy atom. The van der Waals surface area contributed by atoms with Crippen LogP contribution in [0, 0.1) is 71.0 Å². The number of hydrogen-bond donors (Lipinski definition) is 2. The van der Waals surface area contributed by atoms with E-state index in [0.29, 0.717) is 29.6 Å². The van der Waals surface area contributed by atoms with Crippen molar-refractivity contribution < 1.29 is 10.2 Å². The summed E-state index contributed by atoms with van der Waals surface area (Å²) in [7, 11) is 0. The van der Waals surface area contributed by atoms with Crippen LogP contribution in [0.2, 0.25) is 0 Å². The molecule has 0 unspecified atom stereocenters. The summed E-state index contributed by atoms with van der Waals surface area (Å²) in [6.45, 7) is 39.5. The van der Waals surface area contributed by atoms with Gasteiger partial charge in [0.05, 0.1) is 11.2 Å². The molecule has 2 fully saturated rings. The Hall–Kier alpha value is -0.0800. The van der Waals surface area contributed by atoms with Gasteiger partial charge in [0.15, 0.2) is 0 Å². The van der Waals surface area contributed by atoms with Gasteiger partial charge in [0, 0.05) is 0 Å². The Labute approximate surface area is 242 Å². The SMILES string of the molecule is CC(C)C(C(C)C)C1CC1.CC(C)C(C)(O)C(C)C.CC(C)C(C)C(C)C.CC(C)C(O)(C(C)C)C1CC1. The van der Waals surface area contributed by atoms with E-state index in [1.54, 1.807) is 0 Å². The summed E-state index contributed by atoms with van der Waals surface area (Å²) in [4.78, 5) is 0. The molecule has 2 aliphatic rings. The lowest BCUT2D eigenvalue weighted by Crippen LogP contribution is -2.42. The highest BCUT2D eigenvalue weighted by Crippen LogP contribution is 2.47. The van der Waals surface area contributed by atoms with E-state index in [1.165, 1.54) is 25.7 Å². The van der Waals surface area contributed by atoms with E-state index in [4.69, 9.17) is 0 Å². The zero-order chi connectivity index (χ0) is 30.8. The summed E-state index contributed by atoms with van der Waals surface area (Å²) in [6.07, 6.45) is 5.46. The maximum Gasteiger partial charge on any atom is 0.0721 e. The van der Waals surface area contributed by atoms with Crippen LogP contribution in [0.25, 0.3) is 0 Å². The van der Waals surface area contributed by atoms with E-state index >= 15 is 0 Å². The maximum atomic E-state index is 10.3. The summed E-state index contributed by atoms with van der Waals surface area (Å²) in [5.74, 6) is 8.50. The molecule has 2 aliphatic carbocycles. The van der Waals surface area contributed by atoms with Gasteiger partial charge in [-0.2, -0.15) is 0 Å². The number of aliphatic hydroxyl groups is 2. The molecule has 0 saturated heterocycles. The summed E-state index contributed by atoms with van der Waals surface area (Å²) >= 11 is 0. The fourth-order valence-corrected chi connectivity index (χ4v) is 5.93. The van der Waals surface area contributed by atoms with Gasteiger partial charge in [0.25, 0.3) is 0 Å². The van der Waals surface area contributed by atoms with Crippen LogP contribution in [0.4, 0.5) is 0 Å². The van der Waals surface area contributed by atoms with Gasteiger partial charge < -0.3 is 10.2 Å². The van der Waals surface area contributed by atoms with Crippen LogP contribution >= 0.6 is 0 Å². The van der Waals surface area contributed by atoms with Crippen LogP contribution in [-0.2, 0) is 0 Å². The monoisotopic (exact) mass is 541 g/mol. The molecule has 0 aromatic heterocycles. The van der Waals surface area contributed by atoms with E-state index in [2.05, 4.69) is 90.0 Å². The minimum absolute atomic E-state index is 0.345. The van der Waals surface area contributed by atoms with Crippen LogP contribution in [-0.4, -0.2) is 21.4 Å². The van der Waals surface area contributed by atoms with Crippen LogP contribution < -0.4 is 0 Å². The van der Waals surface area contributed by atoms with Gasteiger partial charge in [-0.15, -0.1) is 0 Å². The van der Waals surface area contributed by atoms with E-state index in [1.807, 2.05) is 34.6 Å². The van der Waals surface area contributed by atoms with E-state index < -0.39 is 5.60 Å². The predicted molar refractivity (Wildman–Crippen MR) is 172 cm³/mol. The molecule has 2 nitrogen and oxygen atoms in total. The molecule has 0 aliphatic heterocycles. The minimum Gasteiger partial charge on any atom is -0.390 e. The minimum atomic E-state index is -0.500. The molecular weight excluding hydrogens is 464 g/mol. The third-order valence-electron chi connectivity index (χ3n) is 10.2. The lowest BCUT2D eigenvalue weighted by Gasteiger charge is -2.36. The van der Waals surface area contributed by atoms with Crippen molar-refractivity contribution in [3.05, 3.63) is 0 Å². The third kappa shape index (κ3) is 14.0. The fourth-order valence-electron chi connectivity index (χ4n) is 5.93. The van der Waals surface area contributed by atoms with Crippen molar-refractivity contribution in [2.75, 3.05) is 0 Å². The van der Waals surface area contributed by atoms with Crippen molar-refractivity contribution in [1.29, 1.82) is 0 Å². The quantitative estimate of drug-likeness (QED) is 0.289. The summed E-state index contributed by atoms with van der Waals surface area (Å²) in [5, 5.41) is 20.0. The Morgan fingerprint density at radius 2 is 0.789 bits per heavy atom. The van der Waals surface area contributed by atoms with Gasteiger partial charge in [-0.25, -0.2) is 0 Å². The highest BCUT2D eigenvalue weighted by Gasteiger charge is 2.47. The van der Waals surface area contributed by atoms with Gasteiger partial charge in [-0.05, 0) is 104 Å². The average Bonchev–Trinajstić information content (AvgIpc) is 3.66. The zero-order valence-electron chi connectivity index (χ0n) is 29.7. The maximum absolute atomic E-state index is 10.3. The first-order valence-corrected chi connectivity index (χ1v) is 16.5. The van der Waals surface area contributed by atoms with E-state index in [0.717, 1.165) is 41.4 Å². The standard InChI is InChI=1S/C10H20O.C10H20.C8H18O.C8H18/c1-7(2)10(11,8(3)4)9-5-6-9;1-7(2)10(8(3)4)9-5-6-9;1-6(2)8(5,9)7(3)4;1-6(2)8(5)7(3)4/h7-9,11H,5-6H2,1-4H3;7-10H,5-6H2,1-4H3;6-7,9H,1-5H3;6-8H,1-5H3. The highest BCUT2D eigenvalue weighted by atomic mass is 16.3. The van der Waals surface area contributed by atoms with Crippen LogP contribution in [0.15, 0.2) is 0 Å². The fraction of sp³-hybridized carbons (Fsp3) is 1.00. The lowest BCUT2D eigenvalue weighted by atomic mass is 9.77. The van der Waals surface area contributed by atoms with Crippen molar-refractivity contribution >= 4 is 0 Å². The molecule has 0 radical (unpaired) electrons. The molecule has 0 amide bonds. The normalized spacial score (nSPS) is 16.6. The van der Waals surface area contributed by atoms with Gasteiger partial charge in [0.2, 0.25) is 0 Å². The number of rotatable bonds is 10. The van der Waals surface area contributed by atoms with Crippen molar-refractivity contribution in [1.82, 2.24) is 0 Å². The Kier molecular flexibility index (Phi) is 18.6. The topological polar surface area (TPSA) is 40.5 Å². The first-order valence-electron chi connectivity index (χ1n) is 16.5. The van der Waals surface area contributed by atoms with Crippen molar-refractivity contribution in [2.24, 2.45) is 71.0 Å². The Bertz CT molecular complexity index is 532. The Morgan fingerprint density at radius 3 is 0.842 bits per heavy atom. The number of hydrogen-bond acceptors (Lipinski definition) is 2. The second-order valence-corrected chi connectivity index (χ2v) is 15.8. The molecule has 0 heterocycles. The second kappa shape index (κ2) is 17.7. The van der Waals surface area contributed by atoms with Gasteiger partial charge in [0.1, 0.15) is 0 Å². The van der Waals surface area contributed by atoms with Gasteiger partial charge >= 0.3 is 0 Å². The summed E-state index contributed by atoms with van der Waals surface area (Å²) < 4.78 is 0. The largest absolute Gasteiger partial charge is 0.390 e. The summed E-state index contributed by atoms with van der Waals surface area (Å²) in [6, 6.07) is 0. The molecule has 0 spiro atoms. The van der Waals surface area contributed by atoms with Crippen molar-refractivity contribution in [3.8, 4) is 0 Å². The van der Waals surface area contributed by atoms with Gasteiger partial charge in [-0.1, -0.05) is 118 Å². The summed E-state index contributed by atoms with van der Waals surface area (Å²) in [5.41, 5.74) is -0.889. The molecular formula is C36H76O2. The molecule has 0 aromatic rings. The van der Waals surface area contributed by atoms with Crippen molar-refractivity contribution in [2.45, 2.75) is 162 Å². The zero-order valence-corrected chi connectivity index (χ0v) is 29.7. The molecule has 232 valence electrons. The molecule has 2 saturated carbocycles. The third-order valence-corrected chi connectivity index (χ3v) is 10.2. The first kappa shape index (κ1) is 40.1. The van der Waals surface area contributed by atoms with Gasteiger partial charge in [-0.3, -0.25) is 0 Å². The van der Waals surface area contributed by atoms with E-state index in [9.17, 15) is 10.2 Å². The molecule has 2 rings (SSSR count). The lowest BCUT2D eigenvalue weighted by molar-refractivity contribution is -0.0664. The van der Waals surface area contributed by atoms with Crippen LogP contribution in [0.3, 0.4) is 0 Å². The molecule has 2 heteroatoms.